The fourth-order valence-electron chi connectivity index (χ4n) is 1.79. The Kier molecular flexibility index (Phi) is 4.68. The van der Waals surface area contributed by atoms with E-state index in [-0.39, 0.29) is 6.01 Å². The van der Waals surface area contributed by atoms with E-state index in [1.165, 1.54) is 24.3 Å². The molecule has 0 atom stereocenters. The zero-order valence-electron chi connectivity index (χ0n) is 11.9. The third-order valence-electron chi connectivity index (χ3n) is 2.90. The Morgan fingerprint density at radius 3 is 2.57 bits per heavy atom. The summed E-state index contributed by atoms with van der Waals surface area (Å²) in [5.41, 5.74) is 0.310. The van der Waals surface area contributed by atoms with Crippen LogP contribution in [-0.4, -0.2) is 16.1 Å². The van der Waals surface area contributed by atoms with Gasteiger partial charge >= 0.3 is 6.01 Å². The van der Waals surface area contributed by atoms with E-state index in [1.54, 1.807) is 11.8 Å². The zero-order valence-corrected chi connectivity index (χ0v) is 12.7. The lowest BCUT2D eigenvalue weighted by molar-refractivity contribution is 0.102. The van der Waals surface area contributed by atoms with Gasteiger partial charge in [-0.2, -0.15) is 0 Å². The molecule has 0 aliphatic rings. The second kappa shape index (κ2) is 7.06. The quantitative estimate of drug-likeness (QED) is 0.722. The average molecular weight is 329 g/mol. The number of hydrogen-bond acceptors (Lipinski definition) is 5. The van der Waals surface area contributed by atoms with Crippen molar-refractivity contribution in [2.45, 2.75) is 10.6 Å². The lowest BCUT2D eigenvalue weighted by Gasteiger charge is -2.00. The molecule has 116 valence electrons. The average Bonchev–Trinajstić information content (AvgIpc) is 3.02. The molecule has 0 aliphatic carbocycles. The van der Waals surface area contributed by atoms with Crippen LogP contribution in [0.15, 0.2) is 63.9 Å². The summed E-state index contributed by atoms with van der Waals surface area (Å²) in [6.07, 6.45) is 0. The van der Waals surface area contributed by atoms with Gasteiger partial charge in [0.15, 0.2) is 0 Å². The Bertz CT molecular complexity index is 791. The fraction of sp³-hybridized carbons (Fsp3) is 0.0625. The minimum atomic E-state index is -0.434. The Balaban J connectivity index is 1.58. The van der Waals surface area contributed by atoms with Crippen molar-refractivity contribution < 1.29 is 13.6 Å². The van der Waals surface area contributed by atoms with Crippen LogP contribution in [0.1, 0.15) is 16.2 Å². The molecule has 3 rings (SSSR count). The van der Waals surface area contributed by atoms with Gasteiger partial charge in [-0.05, 0) is 36.4 Å². The molecule has 5 nitrogen and oxygen atoms in total. The number of rotatable bonds is 5. The summed E-state index contributed by atoms with van der Waals surface area (Å²) in [7, 11) is 0. The number of amides is 1. The number of nitrogens with one attached hydrogen (secondary N) is 1. The number of anilines is 1. The molecular weight excluding hydrogens is 317 g/mol. The Morgan fingerprint density at radius 2 is 1.83 bits per heavy atom. The third kappa shape index (κ3) is 4.17. The van der Waals surface area contributed by atoms with Crippen LogP contribution in [-0.2, 0) is 5.75 Å². The van der Waals surface area contributed by atoms with Gasteiger partial charge in [0.2, 0.25) is 5.89 Å². The van der Waals surface area contributed by atoms with Crippen LogP contribution >= 0.6 is 11.8 Å². The molecule has 1 aromatic heterocycles. The van der Waals surface area contributed by atoms with Gasteiger partial charge in [0.05, 0.1) is 5.75 Å². The van der Waals surface area contributed by atoms with E-state index in [0.29, 0.717) is 17.2 Å². The lowest BCUT2D eigenvalue weighted by atomic mass is 10.2. The van der Waals surface area contributed by atoms with E-state index in [4.69, 9.17) is 4.42 Å². The Hall–Kier alpha value is -2.67. The number of carbonyl (C=O) groups excluding carboxylic acids is 1. The number of nitrogens with zero attached hydrogens (tertiary/aromatic N) is 2. The second-order valence-electron chi connectivity index (χ2n) is 4.56. The molecule has 0 aliphatic heterocycles. The number of benzene rings is 2. The second-order valence-corrected chi connectivity index (χ2v) is 5.61. The van der Waals surface area contributed by atoms with E-state index in [9.17, 15) is 9.18 Å². The van der Waals surface area contributed by atoms with Crippen molar-refractivity contribution in [3.63, 3.8) is 0 Å². The first-order chi connectivity index (χ1) is 11.2. The van der Waals surface area contributed by atoms with Crippen LogP contribution in [0.5, 0.6) is 0 Å². The van der Waals surface area contributed by atoms with Crippen molar-refractivity contribution in [1.29, 1.82) is 0 Å². The summed E-state index contributed by atoms with van der Waals surface area (Å²) in [5.74, 6) is 0.0763. The maximum absolute atomic E-state index is 12.8. The zero-order chi connectivity index (χ0) is 16.1. The number of halogens is 1. The molecule has 7 heteroatoms. The third-order valence-corrected chi connectivity index (χ3v) is 3.90. The van der Waals surface area contributed by atoms with Gasteiger partial charge in [0.25, 0.3) is 5.91 Å². The molecule has 0 unspecified atom stereocenters. The Labute approximate surface area is 135 Å². The van der Waals surface area contributed by atoms with Crippen molar-refractivity contribution in [2.24, 2.45) is 0 Å². The van der Waals surface area contributed by atoms with Gasteiger partial charge in [-0.15, -0.1) is 16.9 Å². The van der Waals surface area contributed by atoms with E-state index < -0.39 is 11.7 Å². The maximum Gasteiger partial charge on any atom is 0.322 e. The normalized spacial score (nSPS) is 10.5. The standard InChI is InChI=1S/C16H12FN3O2S/c17-12-8-6-11(7-9-12)15(21)18-16-20-19-14(22-16)10-23-13-4-2-1-3-5-13/h1-9H,10H2,(H,18,20,21). The molecule has 23 heavy (non-hydrogen) atoms. The molecule has 1 amide bonds. The minimum Gasteiger partial charge on any atom is -0.407 e. The number of thioether (sulfide) groups is 1. The van der Waals surface area contributed by atoms with Crippen LogP contribution in [0.25, 0.3) is 0 Å². The van der Waals surface area contributed by atoms with Crippen LogP contribution in [0, 0.1) is 5.82 Å². The molecule has 0 bridgehead atoms. The summed E-state index contributed by atoms with van der Waals surface area (Å²) in [6, 6.07) is 15.0. The molecule has 2 aromatic carbocycles. The van der Waals surface area contributed by atoms with E-state index in [2.05, 4.69) is 15.5 Å². The first-order valence-corrected chi connectivity index (χ1v) is 7.76. The van der Waals surface area contributed by atoms with Gasteiger partial charge in [0.1, 0.15) is 5.82 Å². The van der Waals surface area contributed by atoms with E-state index in [1.807, 2.05) is 30.3 Å². The number of aromatic nitrogens is 2. The summed E-state index contributed by atoms with van der Waals surface area (Å²) >= 11 is 1.55. The molecule has 1 heterocycles. The predicted octanol–water partition coefficient (Wildman–Crippen LogP) is 3.75. The fourth-order valence-corrected chi connectivity index (χ4v) is 2.55. The molecule has 3 aromatic rings. The smallest absolute Gasteiger partial charge is 0.322 e. The summed E-state index contributed by atoms with van der Waals surface area (Å²) in [6.45, 7) is 0. The first-order valence-electron chi connectivity index (χ1n) is 6.78. The molecule has 0 spiro atoms. The van der Waals surface area contributed by atoms with E-state index >= 15 is 0 Å². The van der Waals surface area contributed by atoms with Gasteiger partial charge in [-0.25, -0.2) is 4.39 Å². The van der Waals surface area contributed by atoms with Gasteiger partial charge in [-0.3, -0.25) is 10.1 Å². The van der Waals surface area contributed by atoms with Crippen LogP contribution in [0.2, 0.25) is 0 Å². The summed E-state index contributed by atoms with van der Waals surface area (Å²) in [4.78, 5) is 13.0. The van der Waals surface area contributed by atoms with Gasteiger partial charge in [0, 0.05) is 10.5 Å². The molecular formula is C16H12FN3O2S. The van der Waals surface area contributed by atoms with Crippen LogP contribution < -0.4 is 5.32 Å². The number of hydrogen-bond donors (Lipinski definition) is 1. The molecule has 0 fully saturated rings. The highest BCUT2D eigenvalue weighted by atomic mass is 32.2. The highest BCUT2D eigenvalue weighted by molar-refractivity contribution is 7.98. The van der Waals surface area contributed by atoms with Crippen molar-refractivity contribution in [3.05, 3.63) is 71.9 Å². The molecule has 0 saturated carbocycles. The van der Waals surface area contributed by atoms with Crippen LogP contribution in [0.4, 0.5) is 10.4 Å². The van der Waals surface area contributed by atoms with Crippen LogP contribution in [0.3, 0.4) is 0 Å². The van der Waals surface area contributed by atoms with Crippen molar-refractivity contribution in [1.82, 2.24) is 10.2 Å². The highest BCUT2D eigenvalue weighted by Gasteiger charge is 2.12. The minimum absolute atomic E-state index is 0.0167. The topological polar surface area (TPSA) is 68.0 Å². The SMILES string of the molecule is O=C(Nc1nnc(CSc2ccccc2)o1)c1ccc(F)cc1. The Morgan fingerprint density at radius 1 is 1.09 bits per heavy atom. The van der Waals surface area contributed by atoms with Crippen molar-refractivity contribution >= 4 is 23.7 Å². The summed E-state index contributed by atoms with van der Waals surface area (Å²) < 4.78 is 18.2. The maximum atomic E-state index is 12.8. The highest BCUT2D eigenvalue weighted by Crippen LogP contribution is 2.22. The van der Waals surface area contributed by atoms with Crippen molar-refractivity contribution in [2.75, 3.05) is 5.32 Å². The lowest BCUT2D eigenvalue weighted by Crippen LogP contribution is -2.12. The van der Waals surface area contributed by atoms with Gasteiger partial charge < -0.3 is 4.42 Å². The molecule has 0 radical (unpaired) electrons. The molecule has 0 saturated heterocycles. The summed E-state index contributed by atoms with van der Waals surface area (Å²) in [5, 5.41) is 10.1. The monoisotopic (exact) mass is 329 g/mol. The predicted molar refractivity (Wildman–Crippen MR) is 84.7 cm³/mol. The largest absolute Gasteiger partial charge is 0.407 e. The molecule has 1 N–H and O–H groups in total. The van der Waals surface area contributed by atoms with Gasteiger partial charge in [-0.1, -0.05) is 23.3 Å². The number of carbonyl (C=O) groups is 1. The van der Waals surface area contributed by atoms with Crippen molar-refractivity contribution in [3.8, 4) is 0 Å². The van der Waals surface area contributed by atoms with E-state index in [0.717, 1.165) is 4.90 Å². The first kappa shape index (κ1) is 15.2.